The molecule has 31 heavy (non-hydrogen) atoms. The largest absolute Gasteiger partial charge is 0.493 e. The second-order valence-corrected chi connectivity index (χ2v) is 8.77. The van der Waals surface area contributed by atoms with Crippen LogP contribution in [0.15, 0.2) is 36.4 Å². The van der Waals surface area contributed by atoms with E-state index in [1.807, 2.05) is 36.4 Å². The van der Waals surface area contributed by atoms with Crippen molar-refractivity contribution in [2.24, 2.45) is 0 Å². The Hall–Kier alpha value is -2.76. The van der Waals surface area contributed by atoms with E-state index in [1.54, 1.807) is 20.8 Å². The first-order chi connectivity index (χ1) is 14.7. The van der Waals surface area contributed by atoms with E-state index in [-0.39, 0.29) is 6.42 Å². The zero-order valence-corrected chi connectivity index (χ0v) is 19.1. The number of carboxylic acid groups (broad SMARTS) is 1. The Morgan fingerprint density at radius 2 is 1.74 bits per heavy atom. The monoisotopic (exact) mass is 429 g/mol. The van der Waals surface area contributed by atoms with Gasteiger partial charge in [0.2, 0.25) is 0 Å². The molecule has 0 fully saturated rings. The molecule has 6 nitrogen and oxygen atoms in total. The van der Waals surface area contributed by atoms with E-state index in [9.17, 15) is 14.7 Å². The van der Waals surface area contributed by atoms with Crippen molar-refractivity contribution in [3.8, 4) is 5.75 Å². The van der Waals surface area contributed by atoms with Gasteiger partial charge in [0, 0.05) is 12.0 Å². The number of hydrogen-bond acceptors (Lipinski definition) is 4. The second kappa shape index (κ2) is 11.6. The summed E-state index contributed by atoms with van der Waals surface area (Å²) in [5, 5.41) is 14.1. The minimum atomic E-state index is -1.13. The molecule has 0 saturated carbocycles. The normalized spacial score (nSPS) is 12.4. The number of nitrogens with one attached hydrogen (secondary N) is 1. The van der Waals surface area contributed by atoms with E-state index in [0.717, 1.165) is 29.2 Å². The molecule has 2 rings (SSSR count). The fourth-order valence-corrected chi connectivity index (χ4v) is 3.40. The molecule has 0 bridgehead atoms. The molecule has 1 amide bonds. The number of carbonyl (C=O) groups excluding carboxylic acids is 1. The molecule has 0 heterocycles. The number of benzene rings is 2. The van der Waals surface area contributed by atoms with Crippen LogP contribution in [0.2, 0.25) is 0 Å². The summed E-state index contributed by atoms with van der Waals surface area (Å²) >= 11 is 0. The third kappa shape index (κ3) is 8.12. The Bertz CT molecular complexity index is 872. The Labute approximate surface area is 184 Å². The van der Waals surface area contributed by atoms with Crippen molar-refractivity contribution >= 4 is 22.8 Å². The van der Waals surface area contributed by atoms with Gasteiger partial charge in [-0.15, -0.1) is 0 Å². The highest BCUT2D eigenvalue weighted by Gasteiger charge is 2.26. The maximum absolute atomic E-state index is 12.2. The maximum atomic E-state index is 12.2. The van der Waals surface area contributed by atoms with Gasteiger partial charge in [0.05, 0.1) is 6.61 Å². The van der Waals surface area contributed by atoms with Crippen molar-refractivity contribution in [3.63, 3.8) is 0 Å². The van der Waals surface area contributed by atoms with Crippen molar-refractivity contribution in [2.45, 2.75) is 77.9 Å². The average Bonchev–Trinajstić information content (AvgIpc) is 2.69. The number of aliphatic carboxylic acids is 1. The summed E-state index contributed by atoms with van der Waals surface area (Å²) in [6.07, 6.45) is 5.00. The van der Waals surface area contributed by atoms with Gasteiger partial charge in [0.25, 0.3) is 0 Å². The minimum Gasteiger partial charge on any atom is -0.493 e. The van der Waals surface area contributed by atoms with Crippen LogP contribution in [0.25, 0.3) is 10.8 Å². The van der Waals surface area contributed by atoms with E-state index in [1.165, 1.54) is 19.3 Å². The molecule has 0 aliphatic carbocycles. The third-order valence-corrected chi connectivity index (χ3v) is 4.90. The van der Waals surface area contributed by atoms with Crippen molar-refractivity contribution in [3.05, 3.63) is 42.0 Å². The number of carbonyl (C=O) groups is 2. The number of rotatable bonds is 11. The number of ether oxygens (including phenoxy) is 2. The van der Waals surface area contributed by atoms with Gasteiger partial charge in [-0.2, -0.15) is 0 Å². The molecule has 2 aromatic rings. The topological polar surface area (TPSA) is 84.9 Å². The summed E-state index contributed by atoms with van der Waals surface area (Å²) in [5.74, 6) is -0.462. The van der Waals surface area contributed by atoms with E-state index < -0.39 is 23.7 Å². The molecular weight excluding hydrogens is 394 g/mol. The Kier molecular flexibility index (Phi) is 9.16. The number of carboxylic acids is 1. The molecule has 1 atom stereocenters. The quantitative estimate of drug-likeness (QED) is 0.447. The number of unbranched alkanes of at least 4 members (excludes halogenated alkanes) is 4. The summed E-state index contributed by atoms with van der Waals surface area (Å²) in [7, 11) is 0. The van der Waals surface area contributed by atoms with Gasteiger partial charge in [0.1, 0.15) is 17.4 Å². The molecule has 2 aromatic carbocycles. The van der Waals surface area contributed by atoms with E-state index >= 15 is 0 Å². The third-order valence-electron chi connectivity index (χ3n) is 4.90. The zero-order valence-electron chi connectivity index (χ0n) is 19.1. The highest BCUT2D eigenvalue weighted by molar-refractivity contribution is 5.89. The SMILES string of the molecule is CCCCCCCOc1ccc2ccccc2c1CC(NC(=O)OC(C)(C)C)C(=O)O. The standard InChI is InChI=1S/C25H35NO5/c1-5-6-7-8-11-16-30-22-15-14-18-12-9-10-13-19(18)20(22)17-21(23(27)28)26-24(29)31-25(2,3)4/h9-10,12-15,21H,5-8,11,16-17H2,1-4H3,(H,26,29)(H,27,28). The van der Waals surface area contributed by atoms with Crippen LogP contribution in [0.1, 0.15) is 65.4 Å². The maximum Gasteiger partial charge on any atom is 0.408 e. The highest BCUT2D eigenvalue weighted by Crippen LogP contribution is 2.30. The van der Waals surface area contributed by atoms with Crippen LogP contribution in [0, 0.1) is 0 Å². The van der Waals surface area contributed by atoms with E-state index in [2.05, 4.69) is 12.2 Å². The Morgan fingerprint density at radius 1 is 1.03 bits per heavy atom. The van der Waals surface area contributed by atoms with Crippen LogP contribution < -0.4 is 10.1 Å². The van der Waals surface area contributed by atoms with Gasteiger partial charge in [-0.3, -0.25) is 0 Å². The fourth-order valence-electron chi connectivity index (χ4n) is 3.40. The van der Waals surface area contributed by atoms with Gasteiger partial charge in [-0.1, -0.05) is 62.9 Å². The first kappa shape index (κ1) is 24.5. The average molecular weight is 430 g/mol. The summed E-state index contributed by atoms with van der Waals surface area (Å²) < 4.78 is 11.3. The van der Waals surface area contributed by atoms with Crippen LogP contribution in [-0.4, -0.2) is 35.4 Å². The van der Waals surface area contributed by atoms with Crippen molar-refractivity contribution in [1.82, 2.24) is 5.32 Å². The molecule has 0 aliphatic rings. The van der Waals surface area contributed by atoms with Crippen LogP contribution >= 0.6 is 0 Å². The Balaban J connectivity index is 2.21. The molecule has 0 aliphatic heterocycles. The van der Waals surface area contributed by atoms with Crippen LogP contribution in [0.5, 0.6) is 5.75 Å². The van der Waals surface area contributed by atoms with Gasteiger partial charge in [-0.05, 0) is 44.0 Å². The molecule has 1 unspecified atom stereocenters. The molecule has 170 valence electrons. The number of amides is 1. The number of fused-ring (bicyclic) bond motifs is 1. The van der Waals surface area contributed by atoms with Crippen LogP contribution in [0.3, 0.4) is 0 Å². The molecule has 6 heteroatoms. The summed E-state index contributed by atoms with van der Waals surface area (Å²) in [6.45, 7) is 7.97. The molecule has 0 radical (unpaired) electrons. The second-order valence-electron chi connectivity index (χ2n) is 8.77. The van der Waals surface area contributed by atoms with Crippen molar-refractivity contribution < 1.29 is 24.2 Å². The lowest BCUT2D eigenvalue weighted by Crippen LogP contribution is -2.44. The zero-order chi connectivity index (χ0) is 22.9. The lowest BCUT2D eigenvalue weighted by atomic mass is 9.97. The van der Waals surface area contributed by atoms with Gasteiger partial charge in [-0.25, -0.2) is 9.59 Å². The number of alkyl carbamates (subject to hydrolysis) is 1. The predicted molar refractivity (Wildman–Crippen MR) is 123 cm³/mol. The predicted octanol–water partition coefficient (Wildman–Crippen LogP) is 5.71. The number of hydrogen-bond donors (Lipinski definition) is 2. The smallest absolute Gasteiger partial charge is 0.408 e. The van der Waals surface area contributed by atoms with Crippen LogP contribution in [0.4, 0.5) is 4.79 Å². The van der Waals surface area contributed by atoms with Crippen LogP contribution in [-0.2, 0) is 16.0 Å². The molecule has 0 aromatic heterocycles. The first-order valence-corrected chi connectivity index (χ1v) is 11.1. The van der Waals surface area contributed by atoms with E-state index in [0.29, 0.717) is 12.4 Å². The Morgan fingerprint density at radius 3 is 2.42 bits per heavy atom. The van der Waals surface area contributed by atoms with Gasteiger partial charge >= 0.3 is 12.1 Å². The highest BCUT2D eigenvalue weighted by atomic mass is 16.6. The molecule has 0 saturated heterocycles. The van der Waals surface area contributed by atoms with E-state index in [4.69, 9.17) is 9.47 Å². The molecule has 0 spiro atoms. The summed E-state index contributed by atoms with van der Waals surface area (Å²) in [6, 6.07) is 10.5. The summed E-state index contributed by atoms with van der Waals surface area (Å²) in [5.41, 5.74) is 0.0636. The summed E-state index contributed by atoms with van der Waals surface area (Å²) in [4.78, 5) is 24.1. The lowest BCUT2D eigenvalue weighted by Gasteiger charge is -2.23. The van der Waals surface area contributed by atoms with Crippen molar-refractivity contribution in [2.75, 3.05) is 6.61 Å². The van der Waals surface area contributed by atoms with Crippen molar-refractivity contribution in [1.29, 1.82) is 0 Å². The minimum absolute atomic E-state index is 0.0983. The van der Waals surface area contributed by atoms with Gasteiger partial charge in [0.15, 0.2) is 0 Å². The van der Waals surface area contributed by atoms with Gasteiger partial charge < -0.3 is 19.9 Å². The fraction of sp³-hybridized carbons (Fsp3) is 0.520. The molecule has 2 N–H and O–H groups in total. The lowest BCUT2D eigenvalue weighted by molar-refractivity contribution is -0.139. The first-order valence-electron chi connectivity index (χ1n) is 11.1. The molecular formula is C25H35NO5.